The van der Waals surface area contributed by atoms with Gasteiger partial charge in [-0.1, -0.05) is 41.0 Å². The SMILES string of the molecule is CCCNCC(C)(CCC)CN1CC(C)C(C)C1. The molecule has 1 fully saturated rings. The lowest BCUT2D eigenvalue weighted by Crippen LogP contribution is -2.42. The maximum Gasteiger partial charge on any atom is 0.00477 e. The van der Waals surface area contributed by atoms with Crippen molar-refractivity contribution in [2.24, 2.45) is 17.3 Å². The van der Waals surface area contributed by atoms with Crippen LogP contribution in [0.1, 0.15) is 53.9 Å². The summed E-state index contributed by atoms with van der Waals surface area (Å²) in [5, 5.41) is 3.63. The van der Waals surface area contributed by atoms with Gasteiger partial charge in [0.2, 0.25) is 0 Å². The zero-order valence-electron chi connectivity index (χ0n) is 13.3. The number of hydrogen-bond donors (Lipinski definition) is 1. The number of nitrogens with zero attached hydrogens (tertiary/aromatic N) is 1. The van der Waals surface area contributed by atoms with E-state index in [2.05, 4.69) is 44.8 Å². The maximum absolute atomic E-state index is 3.63. The van der Waals surface area contributed by atoms with Gasteiger partial charge in [-0.2, -0.15) is 0 Å². The van der Waals surface area contributed by atoms with Crippen LogP contribution in [0.5, 0.6) is 0 Å². The van der Waals surface area contributed by atoms with Gasteiger partial charge >= 0.3 is 0 Å². The lowest BCUT2D eigenvalue weighted by atomic mass is 9.84. The van der Waals surface area contributed by atoms with Crippen molar-refractivity contribution in [1.29, 1.82) is 0 Å². The monoisotopic (exact) mass is 254 g/mol. The van der Waals surface area contributed by atoms with Crippen LogP contribution in [0.3, 0.4) is 0 Å². The van der Waals surface area contributed by atoms with Crippen LogP contribution in [0.4, 0.5) is 0 Å². The van der Waals surface area contributed by atoms with E-state index < -0.39 is 0 Å². The Balaban J connectivity index is 2.45. The quantitative estimate of drug-likeness (QED) is 0.668. The Hall–Kier alpha value is -0.0800. The minimum Gasteiger partial charge on any atom is -0.316 e. The molecule has 1 rings (SSSR count). The number of nitrogens with one attached hydrogen (secondary N) is 1. The first-order valence-electron chi connectivity index (χ1n) is 7.94. The molecule has 0 bridgehead atoms. The average Bonchev–Trinajstić information content (AvgIpc) is 2.58. The van der Waals surface area contributed by atoms with Crippen molar-refractivity contribution in [2.75, 3.05) is 32.7 Å². The Kier molecular flexibility index (Phi) is 6.65. The van der Waals surface area contributed by atoms with Crippen LogP contribution in [-0.2, 0) is 0 Å². The molecule has 1 aliphatic rings. The second-order valence-corrected chi connectivity index (χ2v) is 6.89. The fraction of sp³-hybridized carbons (Fsp3) is 1.00. The zero-order valence-corrected chi connectivity index (χ0v) is 13.3. The Labute approximate surface area is 115 Å². The van der Waals surface area contributed by atoms with Crippen LogP contribution in [0, 0.1) is 17.3 Å². The molecule has 3 atom stereocenters. The second-order valence-electron chi connectivity index (χ2n) is 6.89. The van der Waals surface area contributed by atoms with E-state index in [9.17, 15) is 0 Å². The fourth-order valence-corrected chi connectivity index (χ4v) is 3.31. The van der Waals surface area contributed by atoms with Crippen LogP contribution in [0.25, 0.3) is 0 Å². The molecular formula is C16H34N2. The molecule has 2 heteroatoms. The van der Waals surface area contributed by atoms with E-state index in [1.807, 2.05) is 0 Å². The molecule has 0 spiro atoms. The zero-order chi connectivity index (χ0) is 13.6. The second kappa shape index (κ2) is 7.49. The summed E-state index contributed by atoms with van der Waals surface area (Å²) < 4.78 is 0. The highest BCUT2D eigenvalue weighted by Gasteiger charge is 2.32. The largest absolute Gasteiger partial charge is 0.316 e. The van der Waals surface area contributed by atoms with Crippen LogP contribution < -0.4 is 5.32 Å². The topological polar surface area (TPSA) is 15.3 Å². The Morgan fingerprint density at radius 1 is 1.11 bits per heavy atom. The molecule has 108 valence electrons. The van der Waals surface area contributed by atoms with Gasteiger partial charge in [0.25, 0.3) is 0 Å². The maximum atomic E-state index is 3.63. The lowest BCUT2D eigenvalue weighted by Gasteiger charge is -2.34. The molecule has 0 aliphatic carbocycles. The van der Waals surface area contributed by atoms with Crippen molar-refractivity contribution < 1.29 is 0 Å². The van der Waals surface area contributed by atoms with Crippen molar-refractivity contribution in [3.05, 3.63) is 0 Å². The van der Waals surface area contributed by atoms with Crippen LogP contribution in [0.15, 0.2) is 0 Å². The van der Waals surface area contributed by atoms with Crippen LogP contribution in [-0.4, -0.2) is 37.6 Å². The normalized spacial score (nSPS) is 28.5. The Morgan fingerprint density at radius 3 is 2.22 bits per heavy atom. The summed E-state index contributed by atoms with van der Waals surface area (Å²) in [7, 11) is 0. The predicted octanol–water partition coefficient (Wildman–Crippen LogP) is 3.38. The van der Waals surface area contributed by atoms with E-state index in [-0.39, 0.29) is 0 Å². The van der Waals surface area contributed by atoms with E-state index >= 15 is 0 Å². The van der Waals surface area contributed by atoms with Crippen molar-refractivity contribution >= 4 is 0 Å². The van der Waals surface area contributed by atoms with Crippen molar-refractivity contribution in [3.63, 3.8) is 0 Å². The highest BCUT2D eigenvalue weighted by Crippen LogP contribution is 2.29. The van der Waals surface area contributed by atoms with Crippen molar-refractivity contribution in [3.8, 4) is 0 Å². The molecule has 0 aromatic heterocycles. The highest BCUT2D eigenvalue weighted by molar-refractivity contribution is 4.86. The summed E-state index contributed by atoms with van der Waals surface area (Å²) in [6.45, 7) is 18.0. The molecule has 3 unspecified atom stereocenters. The summed E-state index contributed by atoms with van der Waals surface area (Å²) in [6, 6.07) is 0. The Morgan fingerprint density at radius 2 is 1.72 bits per heavy atom. The lowest BCUT2D eigenvalue weighted by molar-refractivity contribution is 0.168. The number of likely N-dealkylation sites (tertiary alicyclic amines) is 1. The molecule has 0 amide bonds. The van der Waals surface area contributed by atoms with Crippen LogP contribution >= 0.6 is 0 Å². The first kappa shape index (κ1) is 16.0. The van der Waals surface area contributed by atoms with Crippen molar-refractivity contribution in [2.45, 2.75) is 53.9 Å². The molecule has 0 aromatic rings. The molecule has 0 saturated carbocycles. The third kappa shape index (κ3) is 4.89. The molecular weight excluding hydrogens is 220 g/mol. The molecule has 0 radical (unpaired) electrons. The molecule has 2 nitrogen and oxygen atoms in total. The summed E-state index contributed by atoms with van der Waals surface area (Å²) in [5.74, 6) is 1.75. The molecule has 1 saturated heterocycles. The summed E-state index contributed by atoms with van der Waals surface area (Å²) in [4.78, 5) is 2.69. The van der Waals surface area contributed by atoms with Crippen LogP contribution in [0.2, 0.25) is 0 Å². The third-order valence-electron chi connectivity index (χ3n) is 4.50. The minimum atomic E-state index is 0.452. The highest BCUT2D eigenvalue weighted by atomic mass is 15.2. The third-order valence-corrected chi connectivity index (χ3v) is 4.50. The first-order chi connectivity index (χ1) is 8.50. The average molecular weight is 254 g/mol. The van der Waals surface area contributed by atoms with E-state index in [0.717, 1.165) is 18.4 Å². The van der Waals surface area contributed by atoms with Gasteiger partial charge in [0.15, 0.2) is 0 Å². The summed E-state index contributed by atoms with van der Waals surface area (Å²) in [5.41, 5.74) is 0.452. The van der Waals surface area contributed by atoms with E-state index in [1.165, 1.54) is 45.4 Å². The predicted molar refractivity (Wildman–Crippen MR) is 80.9 cm³/mol. The number of hydrogen-bond acceptors (Lipinski definition) is 2. The van der Waals surface area contributed by atoms with Gasteiger partial charge in [-0.3, -0.25) is 0 Å². The van der Waals surface area contributed by atoms with Crippen molar-refractivity contribution in [1.82, 2.24) is 10.2 Å². The molecule has 0 aromatic carbocycles. The summed E-state index contributed by atoms with van der Waals surface area (Å²) >= 11 is 0. The smallest absolute Gasteiger partial charge is 0.00477 e. The van der Waals surface area contributed by atoms with Gasteiger partial charge < -0.3 is 10.2 Å². The number of rotatable bonds is 8. The van der Waals surface area contributed by atoms with Gasteiger partial charge in [-0.05, 0) is 36.6 Å². The fourth-order valence-electron chi connectivity index (χ4n) is 3.31. The molecule has 1 N–H and O–H groups in total. The van der Waals surface area contributed by atoms with E-state index in [1.54, 1.807) is 0 Å². The molecule has 1 heterocycles. The summed E-state index contributed by atoms with van der Waals surface area (Å²) in [6.07, 6.45) is 3.87. The molecule has 1 aliphatic heterocycles. The Bertz CT molecular complexity index is 219. The van der Waals surface area contributed by atoms with Gasteiger partial charge in [-0.25, -0.2) is 0 Å². The van der Waals surface area contributed by atoms with Gasteiger partial charge in [0.1, 0.15) is 0 Å². The van der Waals surface area contributed by atoms with Gasteiger partial charge in [0.05, 0.1) is 0 Å². The van der Waals surface area contributed by atoms with Gasteiger partial charge in [-0.15, -0.1) is 0 Å². The van der Waals surface area contributed by atoms with Gasteiger partial charge in [0, 0.05) is 26.2 Å². The van der Waals surface area contributed by atoms with E-state index in [0.29, 0.717) is 5.41 Å². The minimum absolute atomic E-state index is 0.452. The van der Waals surface area contributed by atoms with E-state index in [4.69, 9.17) is 0 Å². The standard InChI is InChI=1S/C16H34N2/c1-6-8-16(5,12-17-9-7-2)13-18-10-14(3)15(4)11-18/h14-15,17H,6-13H2,1-5H3. The molecule has 18 heavy (non-hydrogen) atoms. The first-order valence-corrected chi connectivity index (χ1v) is 7.94.